The smallest absolute Gasteiger partial charge is 0.227 e. The van der Waals surface area contributed by atoms with E-state index in [1.807, 2.05) is 0 Å². The predicted molar refractivity (Wildman–Crippen MR) is 77.4 cm³/mol. The van der Waals surface area contributed by atoms with Gasteiger partial charge < -0.3 is 14.9 Å². The third kappa shape index (κ3) is 4.11. The molecule has 1 amide bonds. The molecule has 2 rings (SSSR count). The Balaban J connectivity index is 1.96. The number of hydrogen-bond donors (Lipinski definition) is 2. The van der Waals surface area contributed by atoms with Crippen molar-refractivity contribution in [2.75, 3.05) is 6.61 Å². The molecule has 1 aromatic heterocycles. The summed E-state index contributed by atoms with van der Waals surface area (Å²) in [6, 6.07) is 4.28. The lowest BCUT2D eigenvalue weighted by Crippen LogP contribution is -2.35. The topological polar surface area (TPSA) is 88.2 Å². The van der Waals surface area contributed by atoms with Crippen LogP contribution in [0.2, 0.25) is 0 Å². The molecule has 1 unspecified atom stereocenters. The largest absolute Gasteiger partial charge is 0.394 e. The number of benzene rings is 1. The first-order valence-corrected chi connectivity index (χ1v) is 6.99. The van der Waals surface area contributed by atoms with Gasteiger partial charge >= 0.3 is 0 Å². The van der Waals surface area contributed by atoms with Crippen LogP contribution in [0.3, 0.4) is 0 Å². The fourth-order valence-electron chi connectivity index (χ4n) is 1.87. The second-order valence-corrected chi connectivity index (χ2v) is 5.13. The maximum atomic E-state index is 13.2. The van der Waals surface area contributed by atoms with Crippen molar-refractivity contribution >= 4 is 5.91 Å². The summed E-state index contributed by atoms with van der Waals surface area (Å²) in [4.78, 5) is 15.8. The normalized spacial score (nSPS) is 12.2. The number of rotatable bonds is 6. The molecule has 0 saturated carbocycles. The monoisotopic (exact) mass is 307 g/mol. The molecule has 0 aliphatic carbocycles. The predicted octanol–water partition coefficient (Wildman–Crippen LogP) is 1.61. The highest BCUT2D eigenvalue weighted by Crippen LogP contribution is 2.19. The number of hydrogen-bond acceptors (Lipinski definition) is 5. The van der Waals surface area contributed by atoms with Crippen LogP contribution in [0.1, 0.15) is 24.8 Å². The lowest BCUT2D eigenvalue weighted by atomic mass is 10.1. The first-order chi connectivity index (χ1) is 10.5. The molecule has 2 aromatic rings. The SMILES string of the molecule is Cc1cc(-c2noc(CCC(=O)NC(C)CO)n2)ccc1F. The van der Waals surface area contributed by atoms with Crippen LogP contribution in [0.4, 0.5) is 4.39 Å². The summed E-state index contributed by atoms with van der Waals surface area (Å²) in [6.07, 6.45) is 0.492. The number of nitrogens with one attached hydrogen (secondary N) is 1. The van der Waals surface area contributed by atoms with Crippen LogP contribution in [0.5, 0.6) is 0 Å². The van der Waals surface area contributed by atoms with E-state index in [2.05, 4.69) is 15.5 Å². The summed E-state index contributed by atoms with van der Waals surface area (Å²) in [7, 11) is 0. The number of nitrogens with zero attached hydrogens (tertiary/aromatic N) is 2. The molecule has 1 aromatic carbocycles. The fourth-order valence-corrected chi connectivity index (χ4v) is 1.87. The van der Waals surface area contributed by atoms with E-state index >= 15 is 0 Å². The van der Waals surface area contributed by atoms with E-state index in [1.165, 1.54) is 6.07 Å². The lowest BCUT2D eigenvalue weighted by Gasteiger charge is -2.09. The van der Waals surface area contributed by atoms with Crippen LogP contribution < -0.4 is 5.32 Å². The minimum atomic E-state index is -0.290. The Bertz CT molecular complexity index is 657. The van der Waals surface area contributed by atoms with Gasteiger partial charge in [-0.05, 0) is 37.6 Å². The van der Waals surface area contributed by atoms with Crippen molar-refractivity contribution in [1.82, 2.24) is 15.5 Å². The summed E-state index contributed by atoms with van der Waals surface area (Å²) in [5.41, 5.74) is 1.16. The number of carbonyl (C=O) groups is 1. The van der Waals surface area contributed by atoms with Gasteiger partial charge in [0.1, 0.15) is 5.82 Å². The quantitative estimate of drug-likeness (QED) is 0.846. The standard InChI is InChI=1S/C15H18FN3O3/c1-9-7-11(3-4-12(9)16)15-18-14(22-19-15)6-5-13(21)17-10(2)8-20/h3-4,7,10,20H,5-6,8H2,1-2H3,(H,17,21). The average Bonchev–Trinajstić information content (AvgIpc) is 2.96. The maximum Gasteiger partial charge on any atom is 0.227 e. The Labute approximate surface area is 127 Å². The molecule has 7 heteroatoms. The summed E-state index contributed by atoms with van der Waals surface area (Å²) in [5.74, 6) is 0.215. The van der Waals surface area contributed by atoms with Crippen LogP contribution in [0.25, 0.3) is 11.4 Å². The number of halogens is 1. The number of amides is 1. The van der Waals surface area contributed by atoms with Gasteiger partial charge in [-0.25, -0.2) is 4.39 Å². The second kappa shape index (κ2) is 7.13. The molecular formula is C15H18FN3O3. The highest BCUT2D eigenvalue weighted by atomic mass is 19.1. The van der Waals surface area contributed by atoms with E-state index in [9.17, 15) is 9.18 Å². The first kappa shape index (κ1) is 16.1. The molecule has 1 heterocycles. The molecule has 0 radical (unpaired) electrons. The van der Waals surface area contributed by atoms with Crippen molar-refractivity contribution in [1.29, 1.82) is 0 Å². The van der Waals surface area contributed by atoms with Gasteiger partial charge in [0.2, 0.25) is 17.6 Å². The van der Waals surface area contributed by atoms with E-state index in [0.717, 1.165) is 0 Å². The third-order valence-electron chi connectivity index (χ3n) is 3.13. The van der Waals surface area contributed by atoms with E-state index < -0.39 is 0 Å². The molecule has 0 spiro atoms. The van der Waals surface area contributed by atoms with Crippen molar-refractivity contribution < 1.29 is 18.8 Å². The fraction of sp³-hybridized carbons (Fsp3) is 0.400. The van der Waals surface area contributed by atoms with E-state index in [0.29, 0.717) is 29.3 Å². The first-order valence-electron chi connectivity index (χ1n) is 6.99. The third-order valence-corrected chi connectivity index (χ3v) is 3.13. The van der Waals surface area contributed by atoms with E-state index in [-0.39, 0.29) is 30.8 Å². The molecule has 22 heavy (non-hydrogen) atoms. The average molecular weight is 307 g/mol. The highest BCUT2D eigenvalue weighted by molar-refractivity contribution is 5.76. The number of aromatic nitrogens is 2. The van der Waals surface area contributed by atoms with E-state index in [1.54, 1.807) is 26.0 Å². The van der Waals surface area contributed by atoms with Crippen LogP contribution in [0.15, 0.2) is 22.7 Å². The zero-order valence-electron chi connectivity index (χ0n) is 12.5. The Kier molecular flexibility index (Phi) is 5.21. The molecule has 0 aliphatic heterocycles. The Morgan fingerprint density at radius 3 is 2.95 bits per heavy atom. The van der Waals surface area contributed by atoms with Crippen LogP contribution in [0, 0.1) is 12.7 Å². The van der Waals surface area contributed by atoms with Crippen LogP contribution in [-0.4, -0.2) is 33.8 Å². The van der Waals surface area contributed by atoms with Crippen molar-refractivity contribution in [2.24, 2.45) is 0 Å². The zero-order chi connectivity index (χ0) is 16.1. The molecule has 2 N–H and O–H groups in total. The Hall–Kier alpha value is -2.28. The van der Waals surface area contributed by atoms with Crippen molar-refractivity contribution in [3.8, 4) is 11.4 Å². The Morgan fingerprint density at radius 1 is 1.50 bits per heavy atom. The number of carbonyl (C=O) groups excluding carboxylic acids is 1. The number of aliphatic hydroxyl groups is 1. The van der Waals surface area contributed by atoms with Crippen molar-refractivity contribution in [3.05, 3.63) is 35.5 Å². The molecule has 0 bridgehead atoms. The van der Waals surface area contributed by atoms with Gasteiger partial charge in [-0.15, -0.1) is 0 Å². The summed E-state index contributed by atoms with van der Waals surface area (Å²) in [5, 5.41) is 15.3. The molecule has 1 atom stereocenters. The molecule has 0 aliphatic rings. The van der Waals surface area contributed by atoms with Gasteiger partial charge in [0.25, 0.3) is 0 Å². The molecule has 6 nitrogen and oxygen atoms in total. The molecule has 0 saturated heterocycles. The summed E-state index contributed by atoms with van der Waals surface area (Å²) < 4.78 is 18.3. The number of aryl methyl sites for hydroxylation is 2. The van der Waals surface area contributed by atoms with Crippen molar-refractivity contribution in [3.63, 3.8) is 0 Å². The summed E-state index contributed by atoms with van der Waals surface area (Å²) in [6.45, 7) is 3.26. The van der Waals surface area contributed by atoms with E-state index in [4.69, 9.17) is 9.63 Å². The van der Waals surface area contributed by atoms with Crippen LogP contribution in [-0.2, 0) is 11.2 Å². The zero-order valence-corrected chi connectivity index (χ0v) is 12.5. The highest BCUT2D eigenvalue weighted by Gasteiger charge is 2.12. The van der Waals surface area contributed by atoms with Gasteiger partial charge in [-0.1, -0.05) is 5.16 Å². The molecule has 0 fully saturated rings. The van der Waals surface area contributed by atoms with Gasteiger partial charge in [-0.3, -0.25) is 4.79 Å². The summed E-state index contributed by atoms with van der Waals surface area (Å²) >= 11 is 0. The minimum Gasteiger partial charge on any atom is -0.394 e. The molecular weight excluding hydrogens is 289 g/mol. The molecule has 118 valence electrons. The van der Waals surface area contributed by atoms with Gasteiger partial charge in [-0.2, -0.15) is 4.98 Å². The van der Waals surface area contributed by atoms with Gasteiger partial charge in [0.05, 0.1) is 6.61 Å². The minimum absolute atomic E-state index is 0.111. The maximum absolute atomic E-state index is 13.2. The second-order valence-electron chi connectivity index (χ2n) is 5.13. The lowest BCUT2D eigenvalue weighted by molar-refractivity contribution is -0.122. The van der Waals surface area contributed by atoms with Crippen molar-refractivity contribution in [2.45, 2.75) is 32.7 Å². The van der Waals surface area contributed by atoms with Gasteiger partial charge in [0, 0.05) is 24.4 Å². The van der Waals surface area contributed by atoms with Crippen LogP contribution >= 0.6 is 0 Å². The van der Waals surface area contributed by atoms with Gasteiger partial charge in [0.15, 0.2) is 0 Å². The number of aliphatic hydroxyl groups excluding tert-OH is 1. The Morgan fingerprint density at radius 2 is 2.27 bits per heavy atom.